The van der Waals surface area contributed by atoms with Crippen molar-refractivity contribution in [2.24, 2.45) is 0 Å². The van der Waals surface area contributed by atoms with Crippen molar-refractivity contribution in [3.05, 3.63) is 0 Å². The number of likely N-dealkylation sites (tertiary alicyclic amines) is 1. The third-order valence-electron chi connectivity index (χ3n) is 4.04. The van der Waals surface area contributed by atoms with Crippen LogP contribution in [0.1, 0.15) is 39.0 Å². The molecule has 2 atom stereocenters. The molecule has 6 heteroatoms. The number of hydrogen-bond donors (Lipinski definition) is 2. The van der Waals surface area contributed by atoms with Crippen molar-refractivity contribution in [2.45, 2.75) is 51.1 Å². The Hall–Kier alpha value is -1.14. The van der Waals surface area contributed by atoms with E-state index in [9.17, 15) is 9.59 Å². The summed E-state index contributed by atoms with van der Waals surface area (Å²) in [5.74, 6) is 0.256. The highest BCUT2D eigenvalue weighted by molar-refractivity contribution is 5.78. The maximum atomic E-state index is 12.3. The van der Waals surface area contributed by atoms with E-state index in [1.54, 1.807) is 0 Å². The second-order valence-electron chi connectivity index (χ2n) is 5.93. The van der Waals surface area contributed by atoms with Gasteiger partial charge in [-0.15, -0.1) is 0 Å². The van der Waals surface area contributed by atoms with E-state index < -0.39 is 0 Å². The van der Waals surface area contributed by atoms with Crippen molar-refractivity contribution >= 4 is 11.8 Å². The van der Waals surface area contributed by atoms with E-state index in [2.05, 4.69) is 10.6 Å². The zero-order valence-electron chi connectivity index (χ0n) is 12.9. The maximum absolute atomic E-state index is 12.3. The van der Waals surface area contributed by atoms with Crippen molar-refractivity contribution in [3.8, 4) is 0 Å². The van der Waals surface area contributed by atoms with Crippen LogP contribution in [0.3, 0.4) is 0 Å². The molecule has 2 fully saturated rings. The summed E-state index contributed by atoms with van der Waals surface area (Å²) in [6.45, 7) is 5.58. The smallest absolute Gasteiger partial charge is 0.224 e. The number of hydrogen-bond acceptors (Lipinski definition) is 4. The lowest BCUT2D eigenvalue weighted by Gasteiger charge is -2.34. The van der Waals surface area contributed by atoms with Gasteiger partial charge in [-0.3, -0.25) is 9.59 Å². The van der Waals surface area contributed by atoms with Gasteiger partial charge in [-0.1, -0.05) is 6.92 Å². The summed E-state index contributed by atoms with van der Waals surface area (Å²) in [4.78, 5) is 25.9. The Bertz CT molecular complexity index is 356. The first kappa shape index (κ1) is 16.2. The first-order chi connectivity index (χ1) is 10.2. The molecule has 2 saturated heterocycles. The predicted molar refractivity (Wildman–Crippen MR) is 79.9 cm³/mol. The summed E-state index contributed by atoms with van der Waals surface area (Å²) in [6, 6.07) is 0.235. The molecular weight excluding hydrogens is 270 g/mol. The summed E-state index contributed by atoms with van der Waals surface area (Å²) >= 11 is 0. The molecule has 2 aliphatic heterocycles. The van der Waals surface area contributed by atoms with Crippen LogP contribution in [-0.2, 0) is 14.3 Å². The number of amides is 2. The van der Waals surface area contributed by atoms with Crippen LogP contribution < -0.4 is 10.6 Å². The molecule has 0 bridgehead atoms. The van der Waals surface area contributed by atoms with Crippen LogP contribution in [0.4, 0.5) is 0 Å². The molecule has 6 nitrogen and oxygen atoms in total. The van der Waals surface area contributed by atoms with Crippen LogP contribution in [0.5, 0.6) is 0 Å². The van der Waals surface area contributed by atoms with Crippen LogP contribution in [0.25, 0.3) is 0 Å². The second-order valence-corrected chi connectivity index (χ2v) is 5.93. The lowest BCUT2D eigenvalue weighted by molar-refractivity contribution is -0.134. The lowest BCUT2D eigenvalue weighted by Crippen LogP contribution is -2.51. The van der Waals surface area contributed by atoms with Gasteiger partial charge in [-0.2, -0.15) is 0 Å². The van der Waals surface area contributed by atoms with Gasteiger partial charge in [0.05, 0.1) is 13.2 Å². The normalized spacial score (nSPS) is 26.4. The van der Waals surface area contributed by atoms with Gasteiger partial charge in [0, 0.05) is 44.6 Å². The van der Waals surface area contributed by atoms with Crippen molar-refractivity contribution in [3.63, 3.8) is 0 Å². The minimum Gasteiger partial charge on any atom is -0.378 e. The molecule has 120 valence electrons. The lowest BCUT2D eigenvalue weighted by atomic mass is 10.0. The van der Waals surface area contributed by atoms with Crippen LogP contribution in [0, 0.1) is 0 Å². The number of piperidine rings is 1. The fourth-order valence-corrected chi connectivity index (χ4v) is 2.94. The number of ether oxygens (including phenoxy) is 1. The largest absolute Gasteiger partial charge is 0.378 e. The number of nitrogens with zero attached hydrogens (tertiary/aromatic N) is 1. The van der Waals surface area contributed by atoms with Gasteiger partial charge >= 0.3 is 0 Å². The summed E-state index contributed by atoms with van der Waals surface area (Å²) in [7, 11) is 0. The summed E-state index contributed by atoms with van der Waals surface area (Å²) in [5, 5.41) is 6.34. The van der Waals surface area contributed by atoms with Gasteiger partial charge in [0.1, 0.15) is 0 Å². The Morgan fingerprint density at radius 3 is 3.00 bits per heavy atom. The van der Waals surface area contributed by atoms with Gasteiger partial charge in [0.15, 0.2) is 0 Å². The van der Waals surface area contributed by atoms with Crippen LogP contribution >= 0.6 is 0 Å². The van der Waals surface area contributed by atoms with Crippen molar-refractivity contribution in [2.75, 3.05) is 32.8 Å². The molecule has 0 aromatic rings. The van der Waals surface area contributed by atoms with E-state index >= 15 is 0 Å². The summed E-state index contributed by atoms with van der Waals surface area (Å²) in [6.07, 6.45) is 3.82. The first-order valence-corrected chi connectivity index (χ1v) is 8.07. The molecule has 21 heavy (non-hydrogen) atoms. The third-order valence-corrected chi connectivity index (χ3v) is 4.04. The van der Waals surface area contributed by atoms with Crippen molar-refractivity contribution < 1.29 is 14.3 Å². The Balaban J connectivity index is 1.76. The zero-order valence-corrected chi connectivity index (χ0v) is 12.9. The fourth-order valence-electron chi connectivity index (χ4n) is 2.94. The fraction of sp³-hybridized carbons (Fsp3) is 0.867. The Labute approximate surface area is 126 Å². The van der Waals surface area contributed by atoms with Crippen molar-refractivity contribution in [1.29, 1.82) is 0 Å². The molecule has 0 radical (unpaired) electrons. The molecule has 0 saturated carbocycles. The van der Waals surface area contributed by atoms with E-state index in [-0.39, 0.29) is 23.9 Å². The highest BCUT2D eigenvalue weighted by Gasteiger charge is 2.26. The van der Waals surface area contributed by atoms with Gasteiger partial charge < -0.3 is 20.3 Å². The molecule has 0 spiro atoms. The molecular formula is C15H27N3O3. The molecule has 2 N–H and O–H groups in total. The Kier molecular flexibility index (Phi) is 6.45. The standard InChI is InChI=1S/C15H27N3O3/c1-2-4-14(19)17-12-5-3-7-18(10-12)15(20)9-13-11-21-8-6-16-13/h12-13,16H,2-11H2,1H3,(H,17,19). The highest BCUT2D eigenvalue weighted by atomic mass is 16.5. The first-order valence-electron chi connectivity index (χ1n) is 8.07. The maximum Gasteiger partial charge on any atom is 0.224 e. The molecule has 0 aromatic heterocycles. The Morgan fingerprint density at radius 2 is 2.29 bits per heavy atom. The monoisotopic (exact) mass is 297 g/mol. The molecule has 2 heterocycles. The van der Waals surface area contributed by atoms with Crippen LogP contribution in [0.15, 0.2) is 0 Å². The minimum absolute atomic E-state index is 0.0964. The SMILES string of the molecule is CCCC(=O)NC1CCCN(C(=O)CC2COCCN2)C1. The average molecular weight is 297 g/mol. The summed E-state index contributed by atoms with van der Waals surface area (Å²) < 4.78 is 5.38. The molecule has 2 unspecified atom stereocenters. The quantitative estimate of drug-likeness (QED) is 0.764. The second kappa shape index (κ2) is 8.34. The van der Waals surface area contributed by atoms with Crippen molar-refractivity contribution in [1.82, 2.24) is 15.5 Å². The topological polar surface area (TPSA) is 70.7 Å². The average Bonchev–Trinajstić information content (AvgIpc) is 2.48. The van der Waals surface area contributed by atoms with Crippen LogP contribution in [0.2, 0.25) is 0 Å². The van der Waals surface area contributed by atoms with E-state index in [1.807, 2.05) is 11.8 Å². The molecule has 2 amide bonds. The number of morpholine rings is 1. The molecule has 2 aliphatic rings. The van der Waals surface area contributed by atoms with Gasteiger partial charge in [-0.05, 0) is 19.3 Å². The van der Waals surface area contributed by atoms with E-state index in [4.69, 9.17) is 4.74 Å². The number of carbonyl (C=O) groups excluding carboxylic acids is 2. The third kappa shape index (κ3) is 5.28. The summed E-state index contributed by atoms with van der Waals surface area (Å²) in [5.41, 5.74) is 0. The van der Waals surface area contributed by atoms with E-state index in [0.717, 1.165) is 39.0 Å². The van der Waals surface area contributed by atoms with Crippen LogP contribution in [-0.4, -0.2) is 61.6 Å². The molecule has 0 aliphatic carbocycles. The number of nitrogens with one attached hydrogen (secondary N) is 2. The minimum atomic E-state index is 0.0964. The molecule has 0 aromatic carbocycles. The van der Waals surface area contributed by atoms with Gasteiger partial charge in [-0.25, -0.2) is 0 Å². The number of rotatable bonds is 5. The Morgan fingerprint density at radius 1 is 1.43 bits per heavy atom. The molecule has 2 rings (SSSR count). The number of carbonyl (C=O) groups is 2. The van der Waals surface area contributed by atoms with Gasteiger partial charge in [0.25, 0.3) is 0 Å². The van der Waals surface area contributed by atoms with E-state index in [1.165, 1.54) is 0 Å². The van der Waals surface area contributed by atoms with E-state index in [0.29, 0.717) is 26.0 Å². The highest BCUT2D eigenvalue weighted by Crippen LogP contribution is 2.13. The zero-order chi connectivity index (χ0) is 15.1. The predicted octanol–water partition coefficient (Wildman–Crippen LogP) is 0.272. The van der Waals surface area contributed by atoms with Gasteiger partial charge in [0.2, 0.25) is 11.8 Å².